The predicted molar refractivity (Wildman–Crippen MR) is 100 cm³/mol. The molecule has 0 radical (unpaired) electrons. The second kappa shape index (κ2) is 6.81. The standard InChI is InChI=1S/C21H19N5O/c1-3-7-15(8-4-1)12-26-13-18-17(22-14-23-18)11-19(26)21-24-20(25-27-21)16-9-5-2-6-10-16/h1-10,14,19H,11-13H2,(H,22,23)/t19-/m0/s1. The molecule has 1 atom stereocenters. The number of rotatable bonds is 4. The molecule has 6 nitrogen and oxygen atoms in total. The second-order valence-electron chi connectivity index (χ2n) is 6.76. The van der Waals surface area contributed by atoms with Crippen LogP contribution in [0.25, 0.3) is 11.4 Å². The van der Waals surface area contributed by atoms with Crippen LogP contribution in [0.15, 0.2) is 71.5 Å². The van der Waals surface area contributed by atoms with E-state index in [4.69, 9.17) is 9.51 Å². The van der Waals surface area contributed by atoms with E-state index in [2.05, 4.69) is 44.3 Å². The highest BCUT2D eigenvalue weighted by atomic mass is 16.5. The fourth-order valence-corrected chi connectivity index (χ4v) is 3.59. The summed E-state index contributed by atoms with van der Waals surface area (Å²) in [7, 11) is 0. The number of nitrogens with zero attached hydrogens (tertiary/aromatic N) is 4. The zero-order valence-electron chi connectivity index (χ0n) is 14.7. The van der Waals surface area contributed by atoms with Gasteiger partial charge in [-0.25, -0.2) is 4.98 Å². The summed E-state index contributed by atoms with van der Waals surface area (Å²) in [4.78, 5) is 14.8. The van der Waals surface area contributed by atoms with E-state index in [1.54, 1.807) is 6.33 Å². The van der Waals surface area contributed by atoms with E-state index in [0.717, 1.165) is 36.5 Å². The lowest BCUT2D eigenvalue weighted by molar-refractivity contribution is 0.128. The molecule has 0 unspecified atom stereocenters. The summed E-state index contributed by atoms with van der Waals surface area (Å²) in [6, 6.07) is 20.4. The summed E-state index contributed by atoms with van der Waals surface area (Å²) in [5.41, 5.74) is 4.44. The zero-order chi connectivity index (χ0) is 18.1. The minimum absolute atomic E-state index is 0.00553. The van der Waals surface area contributed by atoms with Crippen LogP contribution in [-0.4, -0.2) is 25.0 Å². The summed E-state index contributed by atoms with van der Waals surface area (Å²) in [5, 5.41) is 4.21. The predicted octanol–water partition coefficient (Wildman–Crippen LogP) is 3.76. The van der Waals surface area contributed by atoms with Gasteiger partial charge in [0.1, 0.15) is 0 Å². The molecule has 0 fully saturated rings. The molecule has 0 spiro atoms. The van der Waals surface area contributed by atoms with Gasteiger partial charge in [0.05, 0.1) is 23.8 Å². The third kappa shape index (κ3) is 3.15. The van der Waals surface area contributed by atoms with Gasteiger partial charge in [0.25, 0.3) is 0 Å². The normalized spacial score (nSPS) is 17.0. The van der Waals surface area contributed by atoms with Crippen LogP contribution in [0.5, 0.6) is 0 Å². The monoisotopic (exact) mass is 357 g/mol. The van der Waals surface area contributed by atoms with E-state index < -0.39 is 0 Å². The SMILES string of the molecule is c1ccc(CN2Cc3[nH]cnc3C[C@H]2c2nc(-c3ccccc3)no2)cc1. The lowest BCUT2D eigenvalue weighted by atomic mass is 10.0. The topological polar surface area (TPSA) is 70.8 Å². The van der Waals surface area contributed by atoms with Gasteiger partial charge in [-0.05, 0) is 5.56 Å². The number of H-pyrrole nitrogens is 1. The van der Waals surface area contributed by atoms with Crippen LogP contribution in [0, 0.1) is 0 Å². The van der Waals surface area contributed by atoms with Gasteiger partial charge in [-0.3, -0.25) is 4.90 Å². The number of fused-ring (bicyclic) bond motifs is 1. The fraction of sp³-hybridized carbons (Fsp3) is 0.190. The highest BCUT2D eigenvalue weighted by Crippen LogP contribution is 2.33. The number of hydrogen-bond donors (Lipinski definition) is 1. The summed E-state index contributed by atoms with van der Waals surface area (Å²) in [6.07, 6.45) is 2.51. The van der Waals surface area contributed by atoms with Gasteiger partial charge < -0.3 is 9.51 Å². The third-order valence-electron chi connectivity index (χ3n) is 4.98. The van der Waals surface area contributed by atoms with Gasteiger partial charge >= 0.3 is 0 Å². The van der Waals surface area contributed by atoms with Gasteiger partial charge in [0.15, 0.2) is 0 Å². The van der Waals surface area contributed by atoms with Crippen molar-refractivity contribution in [3.05, 3.63) is 89.8 Å². The number of nitrogens with one attached hydrogen (secondary N) is 1. The van der Waals surface area contributed by atoms with E-state index in [0.29, 0.717) is 11.7 Å². The van der Waals surface area contributed by atoms with E-state index in [1.165, 1.54) is 5.56 Å². The molecule has 2 aromatic heterocycles. The van der Waals surface area contributed by atoms with Crippen LogP contribution >= 0.6 is 0 Å². The molecule has 5 rings (SSSR count). The molecule has 1 N–H and O–H groups in total. The van der Waals surface area contributed by atoms with Crippen molar-refractivity contribution in [2.75, 3.05) is 0 Å². The summed E-state index contributed by atoms with van der Waals surface area (Å²) < 4.78 is 5.68. The van der Waals surface area contributed by atoms with Crippen LogP contribution in [0.1, 0.15) is 28.9 Å². The summed E-state index contributed by atoms with van der Waals surface area (Å²) in [5.74, 6) is 1.26. The first kappa shape index (κ1) is 16.0. The molecule has 0 amide bonds. The van der Waals surface area contributed by atoms with Crippen molar-refractivity contribution in [3.63, 3.8) is 0 Å². The van der Waals surface area contributed by atoms with Gasteiger partial charge in [-0.1, -0.05) is 65.8 Å². The second-order valence-corrected chi connectivity index (χ2v) is 6.76. The Kier molecular flexibility index (Phi) is 4.03. The molecule has 0 saturated heterocycles. The number of benzene rings is 2. The lowest BCUT2D eigenvalue weighted by Crippen LogP contribution is -2.34. The van der Waals surface area contributed by atoms with Crippen LogP contribution in [-0.2, 0) is 19.5 Å². The van der Waals surface area contributed by atoms with Crippen molar-refractivity contribution in [2.45, 2.75) is 25.6 Å². The number of imidazole rings is 1. The minimum Gasteiger partial charge on any atom is -0.347 e. The highest BCUT2D eigenvalue weighted by molar-refractivity contribution is 5.53. The average Bonchev–Trinajstić information content (AvgIpc) is 3.38. The molecular formula is C21H19N5O. The summed E-state index contributed by atoms with van der Waals surface area (Å²) >= 11 is 0. The molecule has 6 heteroatoms. The van der Waals surface area contributed by atoms with Crippen molar-refractivity contribution in [1.29, 1.82) is 0 Å². The van der Waals surface area contributed by atoms with Crippen LogP contribution < -0.4 is 0 Å². The van der Waals surface area contributed by atoms with Crippen LogP contribution in [0.4, 0.5) is 0 Å². The maximum atomic E-state index is 5.68. The largest absolute Gasteiger partial charge is 0.347 e. The highest BCUT2D eigenvalue weighted by Gasteiger charge is 2.33. The lowest BCUT2D eigenvalue weighted by Gasteiger charge is -2.32. The molecule has 0 aliphatic carbocycles. The number of aromatic amines is 1. The maximum absolute atomic E-state index is 5.68. The van der Waals surface area contributed by atoms with E-state index >= 15 is 0 Å². The van der Waals surface area contributed by atoms with Crippen LogP contribution in [0.2, 0.25) is 0 Å². The molecule has 0 bridgehead atoms. The molecule has 3 heterocycles. The fourth-order valence-electron chi connectivity index (χ4n) is 3.59. The molecule has 1 aliphatic rings. The van der Waals surface area contributed by atoms with Crippen molar-refractivity contribution in [2.24, 2.45) is 0 Å². The molecule has 134 valence electrons. The molecular weight excluding hydrogens is 338 g/mol. The Balaban J connectivity index is 1.47. The van der Waals surface area contributed by atoms with Crippen molar-refractivity contribution < 1.29 is 4.52 Å². The first-order valence-electron chi connectivity index (χ1n) is 9.05. The Labute approximate surface area is 156 Å². The number of hydrogen-bond acceptors (Lipinski definition) is 5. The smallest absolute Gasteiger partial charge is 0.244 e. The van der Waals surface area contributed by atoms with Gasteiger partial charge in [0, 0.05) is 25.1 Å². The summed E-state index contributed by atoms with van der Waals surface area (Å²) in [6.45, 7) is 1.59. The molecule has 1 aliphatic heterocycles. The molecule has 2 aromatic carbocycles. The molecule has 4 aromatic rings. The Bertz CT molecular complexity index is 1020. The van der Waals surface area contributed by atoms with Gasteiger partial charge in [-0.2, -0.15) is 4.98 Å². The molecule has 0 saturated carbocycles. The van der Waals surface area contributed by atoms with Crippen molar-refractivity contribution >= 4 is 0 Å². The van der Waals surface area contributed by atoms with Gasteiger partial charge in [-0.15, -0.1) is 0 Å². The Morgan fingerprint density at radius 1 is 1.04 bits per heavy atom. The number of aromatic nitrogens is 4. The van der Waals surface area contributed by atoms with Gasteiger partial charge in [0.2, 0.25) is 11.7 Å². The van der Waals surface area contributed by atoms with Crippen LogP contribution in [0.3, 0.4) is 0 Å². The average molecular weight is 357 g/mol. The Morgan fingerprint density at radius 3 is 2.63 bits per heavy atom. The zero-order valence-corrected chi connectivity index (χ0v) is 14.7. The third-order valence-corrected chi connectivity index (χ3v) is 4.98. The molecule has 27 heavy (non-hydrogen) atoms. The van der Waals surface area contributed by atoms with Crippen molar-refractivity contribution in [3.8, 4) is 11.4 Å². The first-order chi connectivity index (χ1) is 13.4. The Hall–Kier alpha value is -3.25. The maximum Gasteiger partial charge on any atom is 0.244 e. The Morgan fingerprint density at radius 2 is 1.81 bits per heavy atom. The quantitative estimate of drug-likeness (QED) is 0.602. The minimum atomic E-state index is 0.00553. The van der Waals surface area contributed by atoms with Crippen molar-refractivity contribution in [1.82, 2.24) is 25.0 Å². The van der Waals surface area contributed by atoms with E-state index in [9.17, 15) is 0 Å². The van der Waals surface area contributed by atoms with E-state index in [1.807, 2.05) is 36.4 Å². The first-order valence-corrected chi connectivity index (χ1v) is 9.05. The van der Waals surface area contributed by atoms with E-state index in [-0.39, 0.29) is 6.04 Å².